The van der Waals surface area contributed by atoms with Crippen LogP contribution in [0.2, 0.25) is 0 Å². The Morgan fingerprint density at radius 3 is 2.93 bits per heavy atom. The fourth-order valence-electron chi connectivity index (χ4n) is 1.98. The summed E-state index contributed by atoms with van der Waals surface area (Å²) in [6.45, 7) is 1.46. The Labute approximate surface area is 80.8 Å². The molecule has 1 aromatic carbocycles. The number of H-pyrrole nitrogens is 1. The highest BCUT2D eigenvalue weighted by Gasteiger charge is 2.15. The molecule has 1 aliphatic rings. The van der Waals surface area contributed by atoms with Gasteiger partial charge in [0.15, 0.2) is 5.43 Å². The first-order valence-electron chi connectivity index (χ1n) is 4.70. The molecular weight excluding hydrogens is 176 g/mol. The van der Waals surface area contributed by atoms with E-state index >= 15 is 0 Å². The average molecular weight is 186 g/mol. The monoisotopic (exact) mass is 186 g/mol. The lowest BCUT2D eigenvalue weighted by Crippen LogP contribution is -2.11. The summed E-state index contributed by atoms with van der Waals surface area (Å²) in [5, 5.41) is 3.96. The highest BCUT2D eigenvalue weighted by Crippen LogP contribution is 2.14. The second-order valence-corrected chi connectivity index (χ2v) is 3.56. The van der Waals surface area contributed by atoms with Crippen LogP contribution >= 0.6 is 0 Å². The van der Waals surface area contributed by atoms with E-state index in [4.69, 9.17) is 0 Å². The zero-order valence-electron chi connectivity index (χ0n) is 7.63. The van der Waals surface area contributed by atoms with Crippen molar-refractivity contribution in [3.05, 3.63) is 45.7 Å². The van der Waals surface area contributed by atoms with Gasteiger partial charge in [-0.2, -0.15) is 0 Å². The highest BCUT2D eigenvalue weighted by molar-refractivity contribution is 5.79. The third-order valence-corrected chi connectivity index (χ3v) is 2.70. The quantitative estimate of drug-likeness (QED) is 0.647. The first kappa shape index (κ1) is 7.76. The average Bonchev–Trinajstić information content (AvgIpc) is 2.66. The maximum atomic E-state index is 12.0. The molecule has 70 valence electrons. The third kappa shape index (κ3) is 0.930. The molecule has 2 aromatic rings. The van der Waals surface area contributed by atoms with Crippen LogP contribution in [0.4, 0.5) is 0 Å². The maximum Gasteiger partial charge on any atom is 0.194 e. The van der Waals surface area contributed by atoms with E-state index in [9.17, 15) is 4.79 Å². The summed E-state index contributed by atoms with van der Waals surface area (Å²) in [5.74, 6) is 0. The summed E-state index contributed by atoms with van der Waals surface area (Å²) in [4.78, 5) is 15.2. The molecule has 0 bridgehead atoms. The van der Waals surface area contributed by atoms with E-state index in [1.165, 1.54) is 0 Å². The van der Waals surface area contributed by atoms with Crippen LogP contribution < -0.4 is 10.7 Å². The molecule has 1 aliphatic heterocycles. The van der Waals surface area contributed by atoms with E-state index in [2.05, 4.69) is 10.3 Å². The summed E-state index contributed by atoms with van der Waals surface area (Å²) in [6, 6.07) is 7.64. The van der Waals surface area contributed by atoms with Crippen molar-refractivity contribution in [1.29, 1.82) is 0 Å². The van der Waals surface area contributed by atoms with Crippen molar-refractivity contribution in [2.45, 2.75) is 13.1 Å². The van der Waals surface area contributed by atoms with Gasteiger partial charge in [-0.1, -0.05) is 12.1 Å². The predicted octanol–water partition coefficient (Wildman–Crippen LogP) is 1.13. The molecule has 3 rings (SSSR count). The van der Waals surface area contributed by atoms with Crippen LogP contribution in [0, 0.1) is 0 Å². The van der Waals surface area contributed by atoms with Gasteiger partial charge >= 0.3 is 0 Å². The van der Waals surface area contributed by atoms with E-state index in [0.29, 0.717) is 6.54 Å². The molecule has 3 nitrogen and oxygen atoms in total. The van der Waals surface area contributed by atoms with E-state index in [1.807, 2.05) is 24.3 Å². The first-order chi connectivity index (χ1) is 6.86. The largest absolute Gasteiger partial charge is 0.357 e. The molecule has 0 unspecified atom stereocenters. The number of aromatic nitrogens is 1. The van der Waals surface area contributed by atoms with Crippen LogP contribution in [-0.4, -0.2) is 4.98 Å². The van der Waals surface area contributed by atoms with Crippen molar-refractivity contribution in [2.75, 3.05) is 0 Å². The van der Waals surface area contributed by atoms with Gasteiger partial charge in [-0.25, -0.2) is 0 Å². The summed E-state index contributed by atoms with van der Waals surface area (Å²) < 4.78 is 0. The van der Waals surface area contributed by atoms with E-state index in [-0.39, 0.29) is 5.43 Å². The van der Waals surface area contributed by atoms with Gasteiger partial charge in [0.05, 0.1) is 0 Å². The van der Waals surface area contributed by atoms with Gasteiger partial charge in [0.2, 0.25) is 0 Å². The lowest BCUT2D eigenvalue weighted by molar-refractivity contribution is 0.757. The van der Waals surface area contributed by atoms with Crippen molar-refractivity contribution < 1.29 is 0 Å². The van der Waals surface area contributed by atoms with Crippen LogP contribution in [-0.2, 0) is 13.1 Å². The van der Waals surface area contributed by atoms with Gasteiger partial charge in [0, 0.05) is 35.2 Å². The molecule has 1 aromatic heterocycles. The lowest BCUT2D eigenvalue weighted by atomic mass is 10.1. The summed E-state index contributed by atoms with van der Waals surface area (Å²) in [7, 11) is 0. The summed E-state index contributed by atoms with van der Waals surface area (Å²) in [6.07, 6.45) is 0. The molecule has 0 radical (unpaired) electrons. The second-order valence-electron chi connectivity index (χ2n) is 3.56. The van der Waals surface area contributed by atoms with Crippen molar-refractivity contribution in [2.24, 2.45) is 0 Å². The zero-order chi connectivity index (χ0) is 9.54. The summed E-state index contributed by atoms with van der Waals surface area (Å²) in [5.41, 5.74) is 3.02. The van der Waals surface area contributed by atoms with Gasteiger partial charge in [-0.05, 0) is 12.1 Å². The fourth-order valence-corrected chi connectivity index (χ4v) is 1.98. The van der Waals surface area contributed by atoms with Crippen LogP contribution in [0.25, 0.3) is 10.9 Å². The first-order valence-corrected chi connectivity index (χ1v) is 4.70. The molecular formula is C11H10N2O. The van der Waals surface area contributed by atoms with Gasteiger partial charge in [-0.3, -0.25) is 4.79 Å². The van der Waals surface area contributed by atoms with Gasteiger partial charge in [0.1, 0.15) is 0 Å². The number of hydrogen-bond donors (Lipinski definition) is 2. The fraction of sp³-hybridized carbons (Fsp3) is 0.182. The van der Waals surface area contributed by atoms with Gasteiger partial charge in [-0.15, -0.1) is 0 Å². The standard InChI is InChI=1S/C11H10N2O/c14-11-7-3-1-2-4-9(7)13-10-6-12-5-8(10)11/h1-4,12H,5-6H2,(H,13,14). The number of nitrogens with one attached hydrogen (secondary N) is 2. The Bertz CT molecular complexity index is 557. The molecule has 14 heavy (non-hydrogen) atoms. The number of benzene rings is 1. The Morgan fingerprint density at radius 2 is 2.00 bits per heavy atom. The van der Waals surface area contributed by atoms with Crippen LogP contribution in [0.15, 0.2) is 29.1 Å². The molecule has 0 spiro atoms. The SMILES string of the molecule is O=c1c2c([nH]c3ccccc13)CNC2. The Hall–Kier alpha value is -1.61. The smallest absolute Gasteiger partial charge is 0.194 e. The van der Waals surface area contributed by atoms with Crippen molar-refractivity contribution in [1.82, 2.24) is 10.3 Å². The van der Waals surface area contributed by atoms with Crippen LogP contribution in [0.3, 0.4) is 0 Å². The zero-order valence-corrected chi connectivity index (χ0v) is 7.63. The van der Waals surface area contributed by atoms with Crippen molar-refractivity contribution in [3.63, 3.8) is 0 Å². The van der Waals surface area contributed by atoms with Crippen LogP contribution in [0.1, 0.15) is 11.3 Å². The number of aromatic amines is 1. The lowest BCUT2D eigenvalue weighted by Gasteiger charge is -2.01. The normalized spacial score (nSPS) is 14.6. The minimum absolute atomic E-state index is 0.166. The third-order valence-electron chi connectivity index (χ3n) is 2.70. The molecule has 2 heterocycles. The highest BCUT2D eigenvalue weighted by atomic mass is 16.1. The van der Waals surface area contributed by atoms with Crippen molar-refractivity contribution in [3.8, 4) is 0 Å². The second kappa shape index (κ2) is 2.69. The number of para-hydroxylation sites is 1. The van der Waals surface area contributed by atoms with E-state index in [1.54, 1.807) is 0 Å². The number of fused-ring (bicyclic) bond motifs is 2. The van der Waals surface area contributed by atoms with E-state index < -0.39 is 0 Å². The van der Waals surface area contributed by atoms with Gasteiger partial charge < -0.3 is 10.3 Å². The molecule has 0 atom stereocenters. The Morgan fingerprint density at radius 1 is 1.14 bits per heavy atom. The van der Waals surface area contributed by atoms with Crippen molar-refractivity contribution >= 4 is 10.9 Å². The molecule has 0 saturated heterocycles. The molecule has 0 amide bonds. The summed E-state index contributed by atoms with van der Waals surface area (Å²) >= 11 is 0. The molecule has 2 N–H and O–H groups in total. The van der Waals surface area contributed by atoms with E-state index in [0.717, 1.165) is 28.7 Å². The molecule has 3 heteroatoms. The Kier molecular flexibility index (Phi) is 1.49. The minimum atomic E-state index is 0.166. The number of hydrogen-bond acceptors (Lipinski definition) is 2. The van der Waals surface area contributed by atoms with Crippen LogP contribution in [0.5, 0.6) is 0 Å². The number of pyridine rings is 1. The topological polar surface area (TPSA) is 44.9 Å². The molecule has 0 fully saturated rings. The Balaban J connectivity index is 2.50. The minimum Gasteiger partial charge on any atom is -0.357 e. The number of rotatable bonds is 0. The maximum absolute atomic E-state index is 12.0. The predicted molar refractivity (Wildman–Crippen MR) is 55.1 cm³/mol. The molecule has 0 aliphatic carbocycles. The molecule has 0 saturated carbocycles. The van der Waals surface area contributed by atoms with Gasteiger partial charge in [0.25, 0.3) is 0 Å².